The van der Waals surface area contributed by atoms with E-state index in [0.717, 1.165) is 0 Å². The lowest BCUT2D eigenvalue weighted by atomic mass is 10.3. The van der Waals surface area contributed by atoms with Crippen LogP contribution in [0.5, 0.6) is 0 Å². The van der Waals surface area contributed by atoms with Crippen LogP contribution in [0.2, 0.25) is 0 Å². The maximum absolute atomic E-state index is 11.7. The molecule has 0 aliphatic carbocycles. The second-order valence-electron chi connectivity index (χ2n) is 2.83. The summed E-state index contributed by atoms with van der Waals surface area (Å²) in [6, 6.07) is 5.25. The summed E-state index contributed by atoms with van der Waals surface area (Å²) in [6.07, 6.45) is 1.60. The molecule has 2 heterocycles. The van der Waals surface area contributed by atoms with Crippen molar-refractivity contribution in [2.45, 2.75) is 4.34 Å². The first-order valence-corrected chi connectivity index (χ1v) is 6.22. The second-order valence-corrected chi connectivity index (χ2v) is 5.06. The summed E-state index contributed by atoms with van der Waals surface area (Å²) in [5.74, 6) is 0.269. The zero-order valence-electron chi connectivity index (χ0n) is 8.16. The van der Waals surface area contributed by atoms with Crippen molar-refractivity contribution in [2.24, 2.45) is 0 Å². The van der Waals surface area contributed by atoms with E-state index in [1.54, 1.807) is 24.4 Å². The highest BCUT2D eigenvalue weighted by molar-refractivity contribution is 8.01. The topological polar surface area (TPSA) is 81.8 Å². The summed E-state index contributed by atoms with van der Waals surface area (Å²) in [6.45, 7) is 0. The zero-order chi connectivity index (χ0) is 11.4. The molecule has 0 aromatic carbocycles. The van der Waals surface area contributed by atoms with Gasteiger partial charge in [-0.25, -0.2) is 0 Å². The van der Waals surface area contributed by atoms with Crippen LogP contribution in [0, 0.1) is 0 Å². The highest BCUT2D eigenvalue weighted by atomic mass is 32.2. The number of nitrogens with two attached hydrogens (primary N) is 1. The van der Waals surface area contributed by atoms with Gasteiger partial charge in [0.25, 0.3) is 0 Å². The average molecular weight is 252 g/mol. The van der Waals surface area contributed by atoms with Crippen LogP contribution >= 0.6 is 23.1 Å². The number of carbonyl (C=O) groups is 1. The molecule has 0 bridgehead atoms. The van der Waals surface area contributed by atoms with E-state index in [1.807, 2.05) is 0 Å². The lowest BCUT2D eigenvalue weighted by Gasteiger charge is -1.96. The maximum Gasteiger partial charge on any atom is 0.203 e. The number of hydrogen-bond acceptors (Lipinski definition) is 7. The Bertz CT molecular complexity index is 485. The van der Waals surface area contributed by atoms with Gasteiger partial charge in [-0.3, -0.25) is 9.78 Å². The summed E-state index contributed by atoms with van der Waals surface area (Å²) < 4.78 is 0.696. The number of hydrogen-bond donors (Lipinski definition) is 1. The van der Waals surface area contributed by atoms with Crippen LogP contribution in [-0.2, 0) is 0 Å². The third-order valence-corrected chi connectivity index (χ3v) is 3.59. The minimum atomic E-state index is -0.0284. The number of Topliss-reactive ketones (excluding diaryl/α,β-unsaturated/α-hetero) is 1. The van der Waals surface area contributed by atoms with Gasteiger partial charge in [-0.1, -0.05) is 29.2 Å². The van der Waals surface area contributed by atoms with Crippen molar-refractivity contribution in [3.8, 4) is 0 Å². The van der Waals surface area contributed by atoms with E-state index in [4.69, 9.17) is 5.73 Å². The Kier molecular flexibility index (Phi) is 3.47. The van der Waals surface area contributed by atoms with E-state index in [9.17, 15) is 4.79 Å². The number of nitrogen functional groups attached to an aromatic ring is 1. The van der Waals surface area contributed by atoms with Crippen molar-refractivity contribution in [3.63, 3.8) is 0 Å². The van der Waals surface area contributed by atoms with Gasteiger partial charge < -0.3 is 5.73 Å². The molecule has 2 rings (SSSR count). The molecule has 0 aliphatic heterocycles. The molecule has 5 nitrogen and oxygen atoms in total. The van der Waals surface area contributed by atoms with E-state index in [2.05, 4.69) is 15.2 Å². The largest absolute Gasteiger partial charge is 0.374 e. The summed E-state index contributed by atoms with van der Waals surface area (Å²) >= 11 is 2.59. The van der Waals surface area contributed by atoms with Crippen molar-refractivity contribution in [1.82, 2.24) is 15.2 Å². The smallest absolute Gasteiger partial charge is 0.203 e. The van der Waals surface area contributed by atoms with Gasteiger partial charge in [-0.05, 0) is 12.1 Å². The van der Waals surface area contributed by atoms with Crippen LogP contribution in [0.4, 0.5) is 5.13 Å². The van der Waals surface area contributed by atoms with Gasteiger partial charge in [0.2, 0.25) is 5.13 Å². The molecule has 0 spiro atoms. The van der Waals surface area contributed by atoms with Gasteiger partial charge in [-0.15, -0.1) is 10.2 Å². The number of thioether (sulfide) groups is 1. The molecule has 0 radical (unpaired) electrons. The van der Waals surface area contributed by atoms with Crippen LogP contribution in [-0.4, -0.2) is 26.7 Å². The normalized spacial score (nSPS) is 10.2. The Morgan fingerprint density at radius 1 is 1.44 bits per heavy atom. The van der Waals surface area contributed by atoms with Crippen molar-refractivity contribution < 1.29 is 4.79 Å². The fraction of sp³-hybridized carbons (Fsp3) is 0.111. The van der Waals surface area contributed by atoms with E-state index < -0.39 is 0 Å². The van der Waals surface area contributed by atoms with E-state index in [1.165, 1.54) is 23.1 Å². The van der Waals surface area contributed by atoms with Crippen LogP contribution in [0.15, 0.2) is 28.7 Å². The van der Waals surface area contributed by atoms with Crippen LogP contribution in [0.3, 0.4) is 0 Å². The number of anilines is 1. The van der Waals surface area contributed by atoms with E-state index in [-0.39, 0.29) is 5.78 Å². The number of carbonyl (C=O) groups excluding carboxylic acids is 1. The first-order chi connectivity index (χ1) is 7.75. The SMILES string of the molecule is Nc1nnc(SCC(=O)c2ccccn2)s1. The molecule has 0 fully saturated rings. The lowest BCUT2D eigenvalue weighted by molar-refractivity contribution is 0.101. The molecular weight excluding hydrogens is 244 g/mol. The Morgan fingerprint density at radius 3 is 2.94 bits per heavy atom. The van der Waals surface area contributed by atoms with Crippen molar-refractivity contribution in [1.29, 1.82) is 0 Å². The molecule has 0 saturated carbocycles. The molecule has 0 aliphatic rings. The zero-order valence-corrected chi connectivity index (χ0v) is 9.79. The van der Waals surface area contributed by atoms with Gasteiger partial charge in [0.1, 0.15) is 5.69 Å². The van der Waals surface area contributed by atoms with Gasteiger partial charge in [0.15, 0.2) is 10.1 Å². The van der Waals surface area contributed by atoms with Gasteiger partial charge >= 0.3 is 0 Å². The Balaban J connectivity index is 1.94. The Labute approximate surface area is 100 Å². The molecule has 82 valence electrons. The molecule has 2 N–H and O–H groups in total. The Hall–Kier alpha value is -1.47. The predicted molar refractivity (Wildman–Crippen MR) is 63.6 cm³/mol. The standard InChI is InChI=1S/C9H8N4OS2/c10-8-12-13-9(16-8)15-5-7(14)6-3-1-2-4-11-6/h1-4H,5H2,(H2,10,12). The van der Waals surface area contributed by atoms with Crippen molar-refractivity contribution in [3.05, 3.63) is 30.1 Å². The van der Waals surface area contributed by atoms with Crippen LogP contribution < -0.4 is 5.73 Å². The minimum Gasteiger partial charge on any atom is -0.374 e. The van der Waals surface area contributed by atoms with Crippen LogP contribution in [0.25, 0.3) is 0 Å². The fourth-order valence-corrected chi connectivity index (χ4v) is 2.52. The number of aromatic nitrogens is 3. The molecule has 2 aromatic rings. The second kappa shape index (κ2) is 5.04. The van der Waals surface area contributed by atoms with Crippen molar-refractivity contribution >= 4 is 34.0 Å². The monoisotopic (exact) mass is 252 g/mol. The number of nitrogens with zero attached hydrogens (tertiary/aromatic N) is 3. The van der Waals surface area contributed by atoms with Crippen molar-refractivity contribution in [2.75, 3.05) is 11.5 Å². The average Bonchev–Trinajstić information content (AvgIpc) is 2.73. The first kappa shape index (κ1) is 11.0. The molecule has 2 aromatic heterocycles. The number of rotatable bonds is 4. The van der Waals surface area contributed by atoms with Gasteiger partial charge in [0, 0.05) is 6.20 Å². The van der Waals surface area contributed by atoms with Crippen LogP contribution in [0.1, 0.15) is 10.5 Å². The molecule has 7 heteroatoms. The molecule has 0 unspecified atom stereocenters. The third kappa shape index (κ3) is 2.77. The molecule has 16 heavy (non-hydrogen) atoms. The highest BCUT2D eigenvalue weighted by Gasteiger charge is 2.09. The first-order valence-electron chi connectivity index (χ1n) is 4.42. The predicted octanol–water partition coefficient (Wildman–Crippen LogP) is 1.49. The van der Waals surface area contributed by atoms with E-state index >= 15 is 0 Å². The molecule has 0 amide bonds. The maximum atomic E-state index is 11.7. The summed E-state index contributed by atoms with van der Waals surface area (Å²) in [5, 5.41) is 7.89. The minimum absolute atomic E-state index is 0.0284. The lowest BCUT2D eigenvalue weighted by Crippen LogP contribution is -2.04. The summed E-state index contributed by atoms with van der Waals surface area (Å²) in [7, 11) is 0. The fourth-order valence-electron chi connectivity index (χ4n) is 1.01. The molecule has 0 atom stereocenters. The van der Waals surface area contributed by atoms with Gasteiger partial charge in [-0.2, -0.15) is 0 Å². The Morgan fingerprint density at radius 2 is 2.31 bits per heavy atom. The van der Waals surface area contributed by atoms with Gasteiger partial charge in [0.05, 0.1) is 5.75 Å². The highest BCUT2D eigenvalue weighted by Crippen LogP contribution is 2.23. The third-order valence-electron chi connectivity index (χ3n) is 1.70. The molecule has 0 saturated heterocycles. The molecular formula is C9H8N4OS2. The summed E-state index contributed by atoms with van der Waals surface area (Å²) in [4.78, 5) is 15.6. The number of ketones is 1. The number of pyridine rings is 1. The summed E-state index contributed by atoms with van der Waals surface area (Å²) in [5.41, 5.74) is 5.90. The quantitative estimate of drug-likeness (QED) is 0.655. The van der Waals surface area contributed by atoms with E-state index in [0.29, 0.717) is 20.9 Å².